The van der Waals surface area contributed by atoms with Crippen LogP contribution in [0.5, 0.6) is 0 Å². The lowest BCUT2D eigenvalue weighted by Gasteiger charge is -2.43. The van der Waals surface area contributed by atoms with Gasteiger partial charge in [-0.3, -0.25) is 0 Å². The summed E-state index contributed by atoms with van der Waals surface area (Å²) in [5.74, 6) is 0. The third-order valence-electron chi connectivity index (χ3n) is 3.31. The summed E-state index contributed by atoms with van der Waals surface area (Å²) in [6.07, 6.45) is 0. The van der Waals surface area contributed by atoms with Crippen molar-refractivity contribution in [3.63, 3.8) is 0 Å². The Morgan fingerprint density at radius 3 is 2.14 bits per heavy atom. The first-order chi connectivity index (χ1) is 6.16. The molecule has 0 atom stereocenters. The minimum Gasteiger partial charge on any atom is -0.415 e. The summed E-state index contributed by atoms with van der Waals surface area (Å²) in [6.45, 7) is 13.1. The van der Waals surface area contributed by atoms with Gasteiger partial charge in [0.15, 0.2) is 8.32 Å². The van der Waals surface area contributed by atoms with Gasteiger partial charge in [0.1, 0.15) is 0 Å². The number of hydrogen-bond donors (Lipinski definition) is 1. The average molecular weight is 217 g/mol. The van der Waals surface area contributed by atoms with E-state index in [9.17, 15) is 0 Å². The molecule has 0 amide bonds. The molecule has 1 rings (SSSR count). The van der Waals surface area contributed by atoms with Crippen molar-refractivity contribution in [2.45, 2.75) is 44.4 Å². The third-order valence-corrected chi connectivity index (χ3v) is 7.78. The molecular formula is C10H23NO2Si. The van der Waals surface area contributed by atoms with E-state index in [4.69, 9.17) is 14.9 Å². The standard InChI is InChI=1S/C10H23NO2Si/c1-9(2,3)14(4,5)13-8-10(11)6-12-7-10/h6-8,11H2,1-5H3. The summed E-state index contributed by atoms with van der Waals surface area (Å²) in [4.78, 5) is 0. The zero-order valence-corrected chi connectivity index (χ0v) is 11.0. The molecule has 4 heteroatoms. The SMILES string of the molecule is CC(C)(C)[Si](C)(C)OCC1(N)COC1. The van der Waals surface area contributed by atoms with Crippen LogP contribution in [0.15, 0.2) is 0 Å². The van der Waals surface area contributed by atoms with Crippen molar-refractivity contribution in [2.24, 2.45) is 5.73 Å². The van der Waals surface area contributed by atoms with Crippen LogP contribution in [0, 0.1) is 0 Å². The van der Waals surface area contributed by atoms with E-state index in [1.165, 1.54) is 0 Å². The van der Waals surface area contributed by atoms with Crippen molar-refractivity contribution in [2.75, 3.05) is 19.8 Å². The molecule has 0 spiro atoms. The minimum atomic E-state index is -1.63. The highest BCUT2D eigenvalue weighted by molar-refractivity contribution is 6.74. The van der Waals surface area contributed by atoms with Crippen molar-refractivity contribution in [3.05, 3.63) is 0 Å². The van der Waals surface area contributed by atoms with E-state index >= 15 is 0 Å². The van der Waals surface area contributed by atoms with Gasteiger partial charge in [0.2, 0.25) is 0 Å². The van der Waals surface area contributed by atoms with Crippen LogP contribution < -0.4 is 5.73 Å². The zero-order chi connectivity index (χ0) is 11.0. The van der Waals surface area contributed by atoms with Crippen LogP contribution >= 0.6 is 0 Å². The van der Waals surface area contributed by atoms with Gasteiger partial charge in [0.05, 0.1) is 25.4 Å². The van der Waals surface area contributed by atoms with Gasteiger partial charge < -0.3 is 14.9 Å². The van der Waals surface area contributed by atoms with E-state index in [0.717, 1.165) is 0 Å². The molecule has 0 bridgehead atoms. The highest BCUT2D eigenvalue weighted by Crippen LogP contribution is 2.37. The zero-order valence-electron chi connectivity index (χ0n) is 10.0. The van der Waals surface area contributed by atoms with Crippen LogP contribution in [0.2, 0.25) is 18.1 Å². The van der Waals surface area contributed by atoms with Gasteiger partial charge in [-0.25, -0.2) is 0 Å². The highest BCUT2D eigenvalue weighted by atomic mass is 28.4. The maximum atomic E-state index is 6.03. The van der Waals surface area contributed by atoms with E-state index in [1.807, 2.05) is 0 Å². The summed E-state index contributed by atoms with van der Waals surface area (Å²) < 4.78 is 11.1. The van der Waals surface area contributed by atoms with Crippen LogP contribution in [-0.4, -0.2) is 33.7 Å². The molecule has 0 aliphatic carbocycles. The van der Waals surface area contributed by atoms with Gasteiger partial charge in [-0.1, -0.05) is 20.8 Å². The number of ether oxygens (including phenoxy) is 1. The van der Waals surface area contributed by atoms with Gasteiger partial charge in [0, 0.05) is 0 Å². The van der Waals surface area contributed by atoms with Crippen LogP contribution in [0.25, 0.3) is 0 Å². The monoisotopic (exact) mass is 217 g/mol. The van der Waals surface area contributed by atoms with E-state index in [1.54, 1.807) is 0 Å². The van der Waals surface area contributed by atoms with Crippen molar-refractivity contribution in [1.82, 2.24) is 0 Å². The van der Waals surface area contributed by atoms with Crippen LogP contribution in [0.1, 0.15) is 20.8 Å². The molecule has 0 saturated carbocycles. The molecule has 84 valence electrons. The third kappa shape index (κ3) is 2.57. The first-order valence-corrected chi connectivity index (χ1v) is 8.08. The molecule has 1 heterocycles. The Bertz CT molecular complexity index is 207. The number of hydrogen-bond acceptors (Lipinski definition) is 3. The molecule has 0 aromatic rings. The molecule has 0 unspecified atom stereocenters. The summed E-state index contributed by atoms with van der Waals surface area (Å²) in [7, 11) is -1.63. The summed E-state index contributed by atoms with van der Waals surface area (Å²) in [5, 5.41) is 0.258. The summed E-state index contributed by atoms with van der Waals surface area (Å²) >= 11 is 0. The van der Waals surface area contributed by atoms with E-state index in [0.29, 0.717) is 19.8 Å². The maximum Gasteiger partial charge on any atom is 0.192 e. The minimum absolute atomic E-state index is 0.213. The Balaban J connectivity index is 2.44. The fourth-order valence-electron chi connectivity index (χ4n) is 0.988. The predicted molar refractivity (Wildman–Crippen MR) is 60.9 cm³/mol. The van der Waals surface area contributed by atoms with Crippen molar-refractivity contribution in [1.29, 1.82) is 0 Å². The van der Waals surface area contributed by atoms with Crippen LogP contribution in [0.4, 0.5) is 0 Å². The van der Waals surface area contributed by atoms with Gasteiger partial charge in [-0.15, -0.1) is 0 Å². The molecule has 0 radical (unpaired) electrons. The fraction of sp³-hybridized carbons (Fsp3) is 1.00. The first-order valence-electron chi connectivity index (χ1n) is 5.17. The Kier molecular flexibility index (Phi) is 3.12. The lowest BCUT2D eigenvalue weighted by molar-refractivity contribution is -0.0742. The smallest absolute Gasteiger partial charge is 0.192 e. The normalized spacial score (nSPS) is 21.9. The largest absolute Gasteiger partial charge is 0.415 e. The quantitative estimate of drug-likeness (QED) is 0.732. The Hall–Kier alpha value is 0.0969. The molecule has 1 fully saturated rings. The van der Waals surface area contributed by atoms with E-state index < -0.39 is 8.32 Å². The Labute approximate surface area is 88.1 Å². The molecular weight excluding hydrogens is 194 g/mol. The first kappa shape index (κ1) is 12.2. The topological polar surface area (TPSA) is 44.5 Å². The second kappa shape index (κ2) is 3.59. The molecule has 2 N–H and O–H groups in total. The molecule has 1 aliphatic rings. The molecule has 1 aliphatic heterocycles. The summed E-state index contributed by atoms with van der Waals surface area (Å²) in [5.41, 5.74) is 5.81. The molecule has 14 heavy (non-hydrogen) atoms. The van der Waals surface area contributed by atoms with Gasteiger partial charge in [-0.2, -0.15) is 0 Å². The summed E-state index contributed by atoms with van der Waals surface area (Å²) in [6, 6.07) is 0. The predicted octanol–water partition coefficient (Wildman–Crippen LogP) is 1.74. The second-order valence-corrected chi connectivity index (χ2v) is 10.7. The molecule has 1 saturated heterocycles. The van der Waals surface area contributed by atoms with Gasteiger partial charge in [-0.05, 0) is 18.1 Å². The molecule has 3 nitrogen and oxygen atoms in total. The van der Waals surface area contributed by atoms with E-state index in [-0.39, 0.29) is 10.6 Å². The van der Waals surface area contributed by atoms with Crippen LogP contribution in [-0.2, 0) is 9.16 Å². The average Bonchev–Trinajstić information content (AvgIpc) is 1.95. The molecule has 0 aromatic carbocycles. The highest BCUT2D eigenvalue weighted by Gasteiger charge is 2.41. The fourth-order valence-corrected chi connectivity index (χ4v) is 2.07. The van der Waals surface area contributed by atoms with Crippen molar-refractivity contribution < 1.29 is 9.16 Å². The van der Waals surface area contributed by atoms with Gasteiger partial charge >= 0.3 is 0 Å². The number of rotatable bonds is 3. The molecule has 0 aromatic heterocycles. The lowest BCUT2D eigenvalue weighted by Crippen LogP contribution is -2.62. The van der Waals surface area contributed by atoms with E-state index in [2.05, 4.69) is 33.9 Å². The van der Waals surface area contributed by atoms with Crippen molar-refractivity contribution in [3.8, 4) is 0 Å². The van der Waals surface area contributed by atoms with Crippen LogP contribution in [0.3, 0.4) is 0 Å². The Morgan fingerprint density at radius 2 is 1.86 bits per heavy atom. The second-order valence-electron chi connectivity index (χ2n) is 5.90. The van der Waals surface area contributed by atoms with Gasteiger partial charge in [0.25, 0.3) is 0 Å². The maximum absolute atomic E-state index is 6.03. The Morgan fingerprint density at radius 1 is 1.36 bits per heavy atom. The number of nitrogens with two attached hydrogens (primary N) is 1. The lowest BCUT2D eigenvalue weighted by atomic mass is 10.0. The van der Waals surface area contributed by atoms with Crippen molar-refractivity contribution >= 4 is 8.32 Å².